The Morgan fingerprint density at radius 2 is 0.475 bits per heavy atom. The van der Waals surface area contributed by atoms with E-state index in [1.807, 2.05) is 0 Å². The van der Waals surface area contributed by atoms with Crippen LogP contribution in [0.2, 0.25) is 0 Å². The minimum Gasteiger partial charge on any atom is -0.462 e. The summed E-state index contributed by atoms with van der Waals surface area (Å²) in [6.45, 7) is 14.3. The topological polar surface area (TPSA) is 237 Å². The molecule has 0 fully saturated rings. The van der Waals surface area contributed by atoms with E-state index in [9.17, 15) is 43.2 Å². The number of rotatable bonds is 79. The molecule has 0 saturated carbocycles. The van der Waals surface area contributed by atoms with Crippen LogP contribution in [0.5, 0.6) is 0 Å². The Morgan fingerprint density at radius 1 is 0.277 bits per heavy atom. The molecular weight excluding hydrogens is 1320 g/mol. The number of hydrogen-bond donors (Lipinski definition) is 3. The molecule has 0 aromatic rings. The Labute approximate surface area is 619 Å². The molecule has 17 nitrogen and oxygen atoms in total. The average Bonchev–Trinajstić information content (AvgIpc) is 0.920. The third-order valence-electron chi connectivity index (χ3n) is 19.4. The first-order valence-electron chi connectivity index (χ1n) is 42.2. The Morgan fingerprint density at radius 3 is 0.703 bits per heavy atom. The second kappa shape index (κ2) is 71.0. The average molecular weight is 1480 g/mol. The highest BCUT2D eigenvalue weighted by atomic mass is 31.2. The predicted octanol–water partition coefficient (Wildman–Crippen LogP) is 24.4. The fraction of sp³-hybridized carbons (Fsp3) is 0.951. The Kier molecular flexibility index (Phi) is 69.6. The van der Waals surface area contributed by atoms with Crippen molar-refractivity contribution in [2.45, 2.75) is 440 Å². The lowest BCUT2D eigenvalue weighted by Gasteiger charge is -2.21. The maximum Gasteiger partial charge on any atom is 0.472 e. The van der Waals surface area contributed by atoms with Gasteiger partial charge in [0.15, 0.2) is 12.2 Å². The minimum atomic E-state index is -4.96. The molecule has 4 unspecified atom stereocenters. The zero-order valence-electron chi connectivity index (χ0n) is 66.5. The molecule has 0 amide bonds. The maximum atomic E-state index is 13.1. The molecule has 6 atom stereocenters. The van der Waals surface area contributed by atoms with Crippen LogP contribution in [0.25, 0.3) is 0 Å². The fourth-order valence-corrected chi connectivity index (χ4v) is 14.2. The van der Waals surface area contributed by atoms with Crippen LogP contribution in [0.1, 0.15) is 421 Å². The highest BCUT2D eigenvalue weighted by Crippen LogP contribution is 2.45. The van der Waals surface area contributed by atoms with E-state index >= 15 is 0 Å². The van der Waals surface area contributed by atoms with Gasteiger partial charge in [0.25, 0.3) is 0 Å². The van der Waals surface area contributed by atoms with Gasteiger partial charge in [-0.25, -0.2) is 9.13 Å². The highest BCUT2D eigenvalue weighted by Gasteiger charge is 2.30. The third kappa shape index (κ3) is 74.7. The molecule has 0 bridgehead atoms. The lowest BCUT2D eigenvalue weighted by Crippen LogP contribution is -2.30. The van der Waals surface area contributed by atoms with Crippen molar-refractivity contribution < 1.29 is 80.2 Å². The number of phosphoric ester groups is 2. The van der Waals surface area contributed by atoms with Crippen molar-refractivity contribution in [2.24, 2.45) is 23.7 Å². The molecule has 0 saturated heterocycles. The summed E-state index contributed by atoms with van der Waals surface area (Å²) in [5, 5.41) is 10.6. The van der Waals surface area contributed by atoms with Crippen LogP contribution >= 0.6 is 15.6 Å². The van der Waals surface area contributed by atoms with Gasteiger partial charge in [-0.15, -0.1) is 0 Å². The molecular formula is C82H160O17P2. The number of unbranched alkanes of at least 4 members (excludes halogenated alkanes) is 44. The van der Waals surface area contributed by atoms with E-state index < -0.39 is 97.5 Å². The number of aliphatic hydroxyl groups is 1. The van der Waals surface area contributed by atoms with Crippen LogP contribution in [0.15, 0.2) is 0 Å². The van der Waals surface area contributed by atoms with Gasteiger partial charge in [0.1, 0.15) is 19.3 Å². The van der Waals surface area contributed by atoms with Gasteiger partial charge in [0.2, 0.25) is 0 Å². The Balaban J connectivity index is 5.19. The number of aliphatic hydroxyl groups excluding tert-OH is 1. The number of phosphoric acid groups is 2. The number of esters is 4. The van der Waals surface area contributed by atoms with Gasteiger partial charge in [-0.1, -0.05) is 370 Å². The molecule has 0 spiro atoms. The van der Waals surface area contributed by atoms with Crippen molar-refractivity contribution in [1.29, 1.82) is 0 Å². The molecule has 0 aromatic carbocycles. The van der Waals surface area contributed by atoms with Crippen LogP contribution < -0.4 is 0 Å². The predicted molar refractivity (Wildman–Crippen MR) is 414 cm³/mol. The first kappa shape index (κ1) is 99.1. The SMILES string of the molecule is CCC(C)CCCCCCCCCCCCCCCCCCCCC(=O)OC[C@H](COP(=O)(O)OCC(O)COP(=O)(O)OC[C@@H](COC(=O)CCCCCCCCCC(C)C)OC(=O)CCCCCCCCCCCCCCC(C)C)OC(=O)CCCCCCCCCCCCCC(C)C. The fourth-order valence-electron chi connectivity index (χ4n) is 12.6. The van der Waals surface area contributed by atoms with Gasteiger partial charge >= 0.3 is 39.5 Å². The largest absolute Gasteiger partial charge is 0.472 e. The molecule has 0 radical (unpaired) electrons. The van der Waals surface area contributed by atoms with Crippen LogP contribution in [0.3, 0.4) is 0 Å². The van der Waals surface area contributed by atoms with Crippen LogP contribution in [-0.2, 0) is 65.4 Å². The first-order chi connectivity index (χ1) is 48.6. The monoisotopic (exact) mass is 1480 g/mol. The summed E-state index contributed by atoms with van der Waals surface area (Å²) in [5.74, 6) is 1.01. The number of carbonyl (C=O) groups is 4. The van der Waals surface area contributed by atoms with Crippen molar-refractivity contribution in [1.82, 2.24) is 0 Å². The molecule has 0 aliphatic rings. The molecule has 0 aromatic heterocycles. The lowest BCUT2D eigenvalue weighted by atomic mass is 9.99. The smallest absolute Gasteiger partial charge is 0.462 e. The number of hydrogen-bond acceptors (Lipinski definition) is 15. The zero-order valence-corrected chi connectivity index (χ0v) is 68.3. The van der Waals surface area contributed by atoms with Crippen molar-refractivity contribution in [3.05, 3.63) is 0 Å². The zero-order chi connectivity index (χ0) is 74.6. The Bertz CT molecular complexity index is 1970. The molecule has 0 aliphatic carbocycles. The van der Waals surface area contributed by atoms with Crippen molar-refractivity contribution >= 4 is 39.5 Å². The van der Waals surface area contributed by atoms with E-state index in [0.717, 1.165) is 114 Å². The molecule has 19 heteroatoms. The third-order valence-corrected chi connectivity index (χ3v) is 21.3. The molecule has 0 heterocycles. The summed E-state index contributed by atoms with van der Waals surface area (Å²) in [6.07, 6.45) is 58.4. The van der Waals surface area contributed by atoms with E-state index in [1.54, 1.807) is 0 Å². The van der Waals surface area contributed by atoms with E-state index in [0.29, 0.717) is 31.6 Å². The van der Waals surface area contributed by atoms with Crippen LogP contribution in [0.4, 0.5) is 0 Å². The quantitative estimate of drug-likeness (QED) is 0.0222. The van der Waals surface area contributed by atoms with E-state index in [1.165, 1.54) is 218 Å². The van der Waals surface area contributed by atoms with Crippen LogP contribution in [-0.4, -0.2) is 96.7 Å². The second-order valence-corrected chi connectivity index (χ2v) is 34.1. The minimum absolute atomic E-state index is 0.106. The molecule has 3 N–H and O–H groups in total. The summed E-state index contributed by atoms with van der Waals surface area (Å²) < 4.78 is 68.7. The van der Waals surface area contributed by atoms with Crippen molar-refractivity contribution in [2.75, 3.05) is 39.6 Å². The summed E-state index contributed by atoms with van der Waals surface area (Å²) in [5.41, 5.74) is 0. The van der Waals surface area contributed by atoms with E-state index in [4.69, 9.17) is 37.0 Å². The van der Waals surface area contributed by atoms with E-state index in [2.05, 4.69) is 55.4 Å². The van der Waals surface area contributed by atoms with Gasteiger partial charge in [0, 0.05) is 25.7 Å². The van der Waals surface area contributed by atoms with Gasteiger partial charge in [-0.3, -0.25) is 37.3 Å². The summed E-state index contributed by atoms with van der Waals surface area (Å²) in [6, 6.07) is 0. The van der Waals surface area contributed by atoms with Crippen molar-refractivity contribution in [3.8, 4) is 0 Å². The molecule has 101 heavy (non-hydrogen) atoms. The summed E-state index contributed by atoms with van der Waals surface area (Å²) in [7, 11) is -9.92. The lowest BCUT2D eigenvalue weighted by molar-refractivity contribution is -0.161. The number of ether oxygens (including phenoxy) is 4. The van der Waals surface area contributed by atoms with Gasteiger partial charge < -0.3 is 33.8 Å². The first-order valence-corrected chi connectivity index (χ1v) is 45.2. The Hall–Kier alpha value is -1.94. The van der Waals surface area contributed by atoms with E-state index in [-0.39, 0.29) is 25.7 Å². The normalized spacial score (nSPS) is 14.3. The standard InChI is InChI=1S/C82H160O17P2/c1-9-75(8)61-53-45-37-29-23-16-14-12-10-11-13-15-17-24-30-38-46-54-62-79(84)92-68-77(98-82(87)65-57-49-40-32-26-20-22-28-35-43-51-59-73(4)5)70-96-100(88,89)94-66-76(83)67-95-101(90,91)97-71-78(69-93-80(85)63-55-47-41-33-36-44-52-60-74(6)7)99-81(86)64-56-48-39-31-25-19-18-21-27-34-42-50-58-72(2)3/h72-78,83H,9-71H2,1-8H3,(H,88,89)(H,90,91)/t75?,76?,77-,78-/m1/s1. The summed E-state index contributed by atoms with van der Waals surface area (Å²) >= 11 is 0. The molecule has 0 rings (SSSR count). The van der Waals surface area contributed by atoms with Gasteiger partial charge in [-0.2, -0.15) is 0 Å². The summed E-state index contributed by atoms with van der Waals surface area (Å²) in [4.78, 5) is 73.0. The number of carbonyl (C=O) groups excluding carboxylic acids is 4. The molecule has 0 aliphatic heterocycles. The van der Waals surface area contributed by atoms with Gasteiger partial charge in [0.05, 0.1) is 26.4 Å². The van der Waals surface area contributed by atoms with Crippen LogP contribution in [0, 0.1) is 23.7 Å². The van der Waals surface area contributed by atoms with Gasteiger partial charge in [-0.05, 0) is 49.4 Å². The maximum absolute atomic E-state index is 13.1. The van der Waals surface area contributed by atoms with Crippen molar-refractivity contribution in [3.63, 3.8) is 0 Å². The highest BCUT2D eigenvalue weighted by molar-refractivity contribution is 7.47. The second-order valence-electron chi connectivity index (χ2n) is 31.2. The molecule has 600 valence electrons.